The fraction of sp³-hybridized carbons (Fsp3) is 0.370. The molecular formula is C27H27FN4O2. The number of urea groups is 1. The fourth-order valence-corrected chi connectivity index (χ4v) is 7.08. The van der Waals surface area contributed by atoms with E-state index in [-0.39, 0.29) is 11.1 Å². The second-order valence-corrected chi connectivity index (χ2v) is 10.3. The third-order valence-electron chi connectivity index (χ3n) is 7.93. The summed E-state index contributed by atoms with van der Waals surface area (Å²) in [7, 11) is 0. The summed E-state index contributed by atoms with van der Waals surface area (Å²) in [5.74, 6) is 1.40. The van der Waals surface area contributed by atoms with E-state index in [4.69, 9.17) is 0 Å². The number of hydrogen-bond donors (Lipinski definition) is 3. The Bertz CT molecular complexity index is 1260. The van der Waals surface area contributed by atoms with E-state index in [9.17, 15) is 14.0 Å². The number of carbonyl (C=O) groups excluding carboxylic acids is 2. The molecule has 0 spiro atoms. The molecule has 174 valence electrons. The van der Waals surface area contributed by atoms with Gasteiger partial charge < -0.3 is 5.32 Å². The van der Waals surface area contributed by atoms with E-state index >= 15 is 0 Å². The predicted molar refractivity (Wildman–Crippen MR) is 128 cm³/mol. The first-order valence-electron chi connectivity index (χ1n) is 12.0. The van der Waals surface area contributed by atoms with Crippen LogP contribution in [0, 0.1) is 23.6 Å². The van der Waals surface area contributed by atoms with Gasteiger partial charge in [-0.05, 0) is 97.6 Å². The van der Waals surface area contributed by atoms with E-state index in [0.29, 0.717) is 5.69 Å². The molecule has 7 heteroatoms. The summed E-state index contributed by atoms with van der Waals surface area (Å²) < 4.78 is 13.3. The van der Waals surface area contributed by atoms with Crippen molar-refractivity contribution in [2.75, 3.05) is 5.32 Å². The standard InChI is InChI=1S/C27H27FN4O2/c28-19-4-3-5-20(11-19)29-26(34)32-31-25(33)24-12-22(21-6-1-2-7-23(21)30-24)27-13-16-8-17(14-27)10-18(9-16)15-27/h1-7,11-12,16-18H,8-10,13-15H2,(H,31,33)(H2,29,32,34). The summed E-state index contributed by atoms with van der Waals surface area (Å²) >= 11 is 0. The van der Waals surface area contributed by atoms with Crippen molar-refractivity contribution in [2.24, 2.45) is 17.8 Å². The van der Waals surface area contributed by atoms with Gasteiger partial charge in [-0.25, -0.2) is 19.6 Å². The Morgan fingerprint density at radius 1 is 0.882 bits per heavy atom. The monoisotopic (exact) mass is 458 g/mol. The Kier molecular flexibility index (Phi) is 5.01. The third-order valence-corrected chi connectivity index (χ3v) is 7.93. The number of nitrogens with one attached hydrogen (secondary N) is 3. The second-order valence-electron chi connectivity index (χ2n) is 10.3. The summed E-state index contributed by atoms with van der Waals surface area (Å²) in [4.78, 5) is 29.8. The zero-order valence-corrected chi connectivity index (χ0v) is 18.8. The first-order chi connectivity index (χ1) is 16.5. The Labute approximate surface area is 197 Å². The van der Waals surface area contributed by atoms with Crippen molar-refractivity contribution in [3.8, 4) is 0 Å². The molecule has 4 bridgehead atoms. The SMILES string of the molecule is O=C(NNC(=O)c1cc(C23CC4CC(CC(C4)C2)C3)c2ccccc2n1)Nc1cccc(F)c1. The number of hydrogen-bond acceptors (Lipinski definition) is 3. The van der Waals surface area contributed by atoms with Crippen LogP contribution >= 0.6 is 0 Å². The lowest BCUT2D eigenvalue weighted by Crippen LogP contribution is -2.49. The highest BCUT2D eigenvalue weighted by molar-refractivity contribution is 5.98. The van der Waals surface area contributed by atoms with Crippen LogP contribution in [0.25, 0.3) is 10.9 Å². The lowest BCUT2D eigenvalue weighted by molar-refractivity contribution is -0.00454. The van der Waals surface area contributed by atoms with E-state index in [0.717, 1.165) is 28.7 Å². The Balaban J connectivity index is 1.26. The maximum Gasteiger partial charge on any atom is 0.337 e. The zero-order chi connectivity index (χ0) is 23.3. The topological polar surface area (TPSA) is 83.1 Å². The number of hydrazine groups is 1. The molecule has 0 atom stereocenters. The van der Waals surface area contributed by atoms with Crippen molar-refractivity contribution >= 4 is 28.5 Å². The van der Waals surface area contributed by atoms with Gasteiger partial charge in [-0.15, -0.1) is 0 Å². The molecule has 3 aromatic rings. The maximum atomic E-state index is 13.3. The van der Waals surface area contributed by atoms with Crippen molar-refractivity contribution in [3.63, 3.8) is 0 Å². The largest absolute Gasteiger partial charge is 0.337 e. The number of anilines is 1. The molecular weight excluding hydrogens is 431 g/mol. The minimum absolute atomic E-state index is 0.106. The second kappa shape index (κ2) is 8.08. The van der Waals surface area contributed by atoms with Gasteiger partial charge >= 0.3 is 6.03 Å². The van der Waals surface area contributed by atoms with Crippen LogP contribution < -0.4 is 16.2 Å². The molecule has 0 saturated heterocycles. The van der Waals surface area contributed by atoms with Gasteiger partial charge in [-0.1, -0.05) is 24.3 Å². The molecule has 4 aliphatic rings. The van der Waals surface area contributed by atoms with Crippen LogP contribution in [-0.4, -0.2) is 16.9 Å². The van der Waals surface area contributed by atoms with Gasteiger partial charge in [0.05, 0.1) is 5.52 Å². The number of carbonyl (C=O) groups is 2. The van der Waals surface area contributed by atoms with Gasteiger partial charge in [0, 0.05) is 11.1 Å². The molecule has 0 radical (unpaired) electrons. The molecule has 4 saturated carbocycles. The molecule has 7 rings (SSSR count). The van der Waals surface area contributed by atoms with Crippen molar-refractivity contribution in [1.82, 2.24) is 15.8 Å². The van der Waals surface area contributed by atoms with Crippen LogP contribution in [-0.2, 0) is 5.41 Å². The predicted octanol–water partition coefficient (Wildman–Crippen LogP) is 5.31. The van der Waals surface area contributed by atoms with Crippen LogP contribution in [0.4, 0.5) is 14.9 Å². The van der Waals surface area contributed by atoms with Crippen LogP contribution in [0.5, 0.6) is 0 Å². The summed E-state index contributed by atoms with van der Waals surface area (Å²) in [5.41, 5.74) is 7.49. The number of rotatable bonds is 3. The summed E-state index contributed by atoms with van der Waals surface area (Å²) in [6.07, 6.45) is 7.59. The van der Waals surface area contributed by atoms with Crippen molar-refractivity contribution in [3.05, 3.63) is 71.7 Å². The van der Waals surface area contributed by atoms with E-state index in [2.05, 4.69) is 27.2 Å². The highest BCUT2D eigenvalue weighted by Gasteiger charge is 2.52. The smallest absolute Gasteiger partial charge is 0.306 e. The number of halogens is 1. The molecule has 0 unspecified atom stereocenters. The Hall–Kier alpha value is -3.48. The lowest BCUT2D eigenvalue weighted by Gasteiger charge is -2.57. The van der Waals surface area contributed by atoms with Crippen LogP contribution in [0.1, 0.15) is 54.6 Å². The average Bonchev–Trinajstić information content (AvgIpc) is 2.81. The number of nitrogens with zero attached hydrogens (tertiary/aromatic N) is 1. The van der Waals surface area contributed by atoms with E-state index in [1.165, 1.54) is 62.3 Å². The molecule has 2 aromatic carbocycles. The summed E-state index contributed by atoms with van der Waals surface area (Å²) in [6.45, 7) is 0. The molecule has 6 nitrogen and oxygen atoms in total. The number of pyridine rings is 1. The maximum absolute atomic E-state index is 13.3. The normalized spacial score (nSPS) is 26.9. The minimum atomic E-state index is -0.666. The molecule has 3 amide bonds. The summed E-state index contributed by atoms with van der Waals surface area (Å²) in [6, 6.07) is 14.8. The Morgan fingerprint density at radius 3 is 2.29 bits per heavy atom. The van der Waals surface area contributed by atoms with Gasteiger partial charge in [-0.3, -0.25) is 10.2 Å². The fourth-order valence-electron chi connectivity index (χ4n) is 7.08. The lowest BCUT2D eigenvalue weighted by atomic mass is 9.48. The van der Waals surface area contributed by atoms with Crippen LogP contribution in [0.15, 0.2) is 54.6 Å². The molecule has 3 N–H and O–H groups in total. The van der Waals surface area contributed by atoms with Crippen LogP contribution in [0.2, 0.25) is 0 Å². The van der Waals surface area contributed by atoms with Crippen molar-refractivity contribution in [1.29, 1.82) is 0 Å². The number of amides is 3. The molecule has 1 aromatic heterocycles. The van der Waals surface area contributed by atoms with Crippen molar-refractivity contribution < 1.29 is 14.0 Å². The molecule has 4 aliphatic carbocycles. The number of benzene rings is 2. The van der Waals surface area contributed by atoms with E-state index in [1.54, 1.807) is 6.07 Å². The Morgan fingerprint density at radius 2 is 1.59 bits per heavy atom. The molecule has 1 heterocycles. The molecule has 34 heavy (non-hydrogen) atoms. The van der Waals surface area contributed by atoms with E-state index in [1.807, 2.05) is 24.3 Å². The van der Waals surface area contributed by atoms with Crippen LogP contribution in [0.3, 0.4) is 0 Å². The molecule has 0 aliphatic heterocycles. The molecule has 4 fully saturated rings. The average molecular weight is 459 g/mol. The van der Waals surface area contributed by atoms with Gasteiger partial charge in [0.1, 0.15) is 11.5 Å². The van der Waals surface area contributed by atoms with Gasteiger partial charge in [0.2, 0.25) is 0 Å². The highest BCUT2D eigenvalue weighted by atomic mass is 19.1. The summed E-state index contributed by atoms with van der Waals surface area (Å²) in [5, 5.41) is 3.62. The number of para-hydroxylation sites is 1. The van der Waals surface area contributed by atoms with Crippen molar-refractivity contribution in [2.45, 2.75) is 43.9 Å². The zero-order valence-electron chi connectivity index (χ0n) is 18.8. The first-order valence-corrected chi connectivity index (χ1v) is 12.0. The van der Waals surface area contributed by atoms with Gasteiger partial charge in [0.25, 0.3) is 5.91 Å². The first kappa shape index (κ1) is 21.1. The third kappa shape index (κ3) is 3.79. The van der Waals surface area contributed by atoms with E-state index < -0.39 is 17.8 Å². The minimum Gasteiger partial charge on any atom is -0.306 e. The number of fused-ring (bicyclic) bond motifs is 1. The number of aromatic nitrogens is 1. The highest BCUT2D eigenvalue weighted by Crippen LogP contribution is 2.61. The van der Waals surface area contributed by atoms with Gasteiger partial charge in [0.15, 0.2) is 0 Å². The van der Waals surface area contributed by atoms with Gasteiger partial charge in [-0.2, -0.15) is 0 Å². The quantitative estimate of drug-likeness (QED) is 0.465.